The lowest BCUT2D eigenvalue weighted by molar-refractivity contribution is 0.249. The van der Waals surface area contributed by atoms with E-state index in [4.69, 9.17) is 5.73 Å². The number of amides is 2. The van der Waals surface area contributed by atoms with E-state index in [1.807, 2.05) is 0 Å². The van der Waals surface area contributed by atoms with Crippen molar-refractivity contribution in [3.63, 3.8) is 0 Å². The van der Waals surface area contributed by atoms with Gasteiger partial charge in [-0.15, -0.1) is 5.92 Å². The van der Waals surface area contributed by atoms with Crippen molar-refractivity contribution in [2.45, 2.75) is 26.2 Å². The Bertz CT molecular complexity index is 212. The second kappa shape index (κ2) is 7.61. The third-order valence-corrected chi connectivity index (χ3v) is 0.959. The highest BCUT2D eigenvalue weighted by Crippen LogP contribution is 1.81. The SMILES string of the molecule is CCCC#CC/C=N/NC(N)=O. The van der Waals surface area contributed by atoms with Crippen molar-refractivity contribution in [1.29, 1.82) is 0 Å². The van der Waals surface area contributed by atoms with Gasteiger partial charge in [0.05, 0.1) is 0 Å². The van der Waals surface area contributed by atoms with E-state index in [9.17, 15) is 4.79 Å². The van der Waals surface area contributed by atoms with E-state index in [-0.39, 0.29) is 0 Å². The molecule has 0 rings (SSSR count). The molecule has 0 atom stereocenters. The summed E-state index contributed by atoms with van der Waals surface area (Å²) < 4.78 is 0. The van der Waals surface area contributed by atoms with E-state index in [2.05, 4.69) is 29.3 Å². The van der Waals surface area contributed by atoms with Gasteiger partial charge in [-0.2, -0.15) is 5.10 Å². The van der Waals surface area contributed by atoms with Gasteiger partial charge in [-0.1, -0.05) is 12.8 Å². The van der Waals surface area contributed by atoms with Crippen molar-refractivity contribution >= 4 is 12.2 Å². The highest BCUT2D eigenvalue weighted by Gasteiger charge is 1.81. The van der Waals surface area contributed by atoms with Crippen LogP contribution in [-0.2, 0) is 0 Å². The zero-order valence-electron chi connectivity index (χ0n) is 7.13. The first-order valence-electron chi connectivity index (χ1n) is 3.80. The molecule has 0 heterocycles. The lowest BCUT2D eigenvalue weighted by Crippen LogP contribution is -2.24. The van der Waals surface area contributed by atoms with E-state index < -0.39 is 6.03 Å². The molecule has 0 aliphatic rings. The molecule has 0 bridgehead atoms. The number of hydrogen-bond acceptors (Lipinski definition) is 2. The topological polar surface area (TPSA) is 67.5 Å². The summed E-state index contributed by atoms with van der Waals surface area (Å²) in [5.41, 5.74) is 6.83. The maximum absolute atomic E-state index is 10.1. The molecule has 4 heteroatoms. The quantitative estimate of drug-likeness (QED) is 0.365. The van der Waals surface area contributed by atoms with Gasteiger partial charge in [0.1, 0.15) is 0 Å². The Balaban J connectivity index is 3.37. The molecule has 0 aromatic heterocycles. The monoisotopic (exact) mass is 167 g/mol. The lowest BCUT2D eigenvalue weighted by Gasteiger charge is -1.87. The van der Waals surface area contributed by atoms with Crippen molar-refractivity contribution in [2.75, 3.05) is 0 Å². The van der Waals surface area contributed by atoms with Gasteiger partial charge in [0, 0.05) is 19.1 Å². The summed E-state index contributed by atoms with van der Waals surface area (Å²) in [5.74, 6) is 5.81. The van der Waals surface area contributed by atoms with E-state index >= 15 is 0 Å². The molecular formula is C8H13N3O. The van der Waals surface area contributed by atoms with Gasteiger partial charge in [-0.05, 0) is 6.42 Å². The van der Waals surface area contributed by atoms with Crippen molar-refractivity contribution in [2.24, 2.45) is 10.8 Å². The molecule has 0 saturated carbocycles. The number of unbranched alkanes of at least 4 members (excludes halogenated alkanes) is 1. The third kappa shape index (κ3) is 8.50. The van der Waals surface area contributed by atoms with E-state index in [0.717, 1.165) is 12.8 Å². The van der Waals surface area contributed by atoms with Crippen LogP contribution in [0.1, 0.15) is 26.2 Å². The third-order valence-electron chi connectivity index (χ3n) is 0.959. The molecule has 3 N–H and O–H groups in total. The molecule has 0 aromatic rings. The van der Waals surface area contributed by atoms with Gasteiger partial charge in [-0.25, -0.2) is 10.2 Å². The predicted molar refractivity (Wildman–Crippen MR) is 48.5 cm³/mol. The summed E-state index contributed by atoms with van der Waals surface area (Å²) >= 11 is 0. The van der Waals surface area contributed by atoms with Gasteiger partial charge >= 0.3 is 6.03 Å². The normalized spacial score (nSPS) is 9.08. The number of nitrogens with one attached hydrogen (secondary N) is 1. The van der Waals surface area contributed by atoms with Crippen molar-refractivity contribution in [3.05, 3.63) is 0 Å². The fraction of sp³-hybridized carbons (Fsp3) is 0.500. The zero-order chi connectivity index (χ0) is 9.23. The fourth-order valence-electron chi connectivity index (χ4n) is 0.486. The van der Waals surface area contributed by atoms with Crippen LogP contribution in [0.5, 0.6) is 0 Å². The molecule has 0 spiro atoms. The van der Waals surface area contributed by atoms with Crippen molar-refractivity contribution in [3.8, 4) is 11.8 Å². The Morgan fingerprint density at radius 1 is 1.67 bits per heavy atom. The van der Waals surface area contributed by atoms with E-state index in [0.29, 0.717) is 6.42 Å². The summed E-state index contributed by atoms with van der Waals surface area (Å²) in [6, 6.07) is -0.659. The van der Waals surface area contributed by atoms with Crippen molar-refractivity contribution < 1.29 is 4.79 Å². The van der Waals surface area contributed by atoms with Crippen LogP contribution in [0.2, 0.25) is 0 Å². The molecule has 0 aliphatic carbocycles. The number of urea groups is 1. The Hall–Kier alpha value is -1.50. The summed E-state index contributed by atoms with van der Waals surface area (Å²) in [6.07, 6.45) is 4.01. The molecule has 0 fully saturated rings. The van der Waals surface area contributed by atoms with E-state index in [1.54, 1.807) is 0 Å². The number of primary amides is 1. The minimum Gasteiger partial charge on any atom is -0.350 e. The van der Waals surface area contributed by atoms with Crippen molar-refractivity contribution in [1.82, 2.24) is 5.43 Å². The first-order chi connectivity index (χ1) is 5.77. The zero-order valence-corrected chi connectivity index (χ0v) is 7.13. The van der Waals surface area contributed by atoms with Gasteiger partial charge in [0.15, 0.2) is 0 Å². The van der Waals surface area contributed by atoms with Crippen LogP contribution < -0.4 is 11.2 Å². The summed E-state index contributed by atoms with van der Waals surface area (Å²) in [4.78, 5) is 10.1. The summed E-state index contributed by atoms with van der Waals surface area (Å²) in [7, 11) is 0. The van der Waals surface area contributed by atoms with Gasteiger partial charge in [-0.3, -0.25) is 0 Å². The summed E-state index contributed by atoms with van der Waals surface area (Å²) in [6.45, 7) is 2.07. The van der Waals surface area contributed by atoms with Crippen LogP contribution in [0.15, 0.2) is 5.10 Å². The largest absolute Gasteiger partial charge is 0.350 e. The molecular weight excluding hydrogens is 154 g/mol. The number of nitrogens with zero attached hydrogens (tertiary/aromatic N) is 1. The maximum atomic E-state index is 10.1. The fourth-order valence-corrected chi connectivity index (χ4v) is 0.486. The summed E-state index contributed by atoms with van der Waals surface area (Å²) in [5, 5.41) is 3.52. The molecule has 2 amide bonds. The number of carbonyl (C=O) groups is 1. The number of hydrazone groups is 1. The molecule has 0 radical (unpaired) electrons. The average molecular weight is 167 g/mol. The smallest absolute Gasteiger partial charge is 0.332 e. The average Bonchev–Trinajstić information content (AvgIpc) is 2.02. The van der Waals surface area contributed by atoms with Crippen LogP contribution in [-0.4, -0.2) is 12.2 Å². The molecule has 0 aromatic carbocycles. The maximum Gasteiger partial charge on any atom is 0.332 e. The van der Waals surface area contributed by atoms with Gasteiger partial charge in [0.2, 0.25) is 0 Å². The minimum absolute atomic E-state index is 0.542. The number of rotatable bonds is 3. The predicted octanol–water partition coefficient (Wildman–Crippen LogP) is 0.834. The highest BCUT2D eigenvalue weighted by atomic mass is 16.2. The number of carbonyl (C=O) groups excluding carboxylic acids is 1. The van der Waals surface area contributed by atoms with Crippen LogP contribution >= 0.6 is 0 Å². The second-order valence-corrected chi connectivity index (χ2v) is 2.10. The molecule has 66 valence electrons. The highest BCUT2D eigenvalue weighted by molar-refractivity contribution is 5.73. The van der Waals surface area contributed by atoms with Crippen LogP contribution in [0, 0.1) is 11.8 Å². The second-order valence-electron chi connectivity index (χ2n) is 2.10. The molecule has 0 saturated heterocycles. The Morgan fingerprint density at radius 3 is 3.00 bits per heavy atom. The van der Waals surface area contributed by atoms with Gasteiger partial charge < -0.3 is 5.73 Å². The first kappa shape index (κ1) is 10.5. The van der Waals surface area contributed by atoms with E-state index in [1.165, 1.54) is 6.21 Å². The Labute approximate surface area is 72.2 Å². The number of nitrogens with two attached hydrogens (primary N) is 1. The van der Waals surface area contributed by atoms with Gasteiger partial charge in [0.25, 0.3) is 0 Å². The molecule has 0 aliphatic heterocycles. The minimum atomic E-state index is -0.659. The van der Waals surface area contributed by atoms with Crippen LogP contribution in [0.25, 0.3) is 0 Å². The standard InChI is InChI=1S/C8H13N3O/c1-2-3-4-5-6-7-10-11-8(9)12/h7H,2-3,6H2,1H3,(H3,9,11,12)/b10-7+. The molecule has 0 unspecified atom stereocenters. The first-order valence-corrected chi connectivity index (χ1v) is 3.80. The van der Waals surface area contributed by atoms with Crippen LogP contribution in [0.3, 0.4) is 0 Å². The lowest BCUT2D eigenvalue weighted by atomic mass is 10.3. The molecule has 4 nitrogen and oxygen atoms in total. The Morgan fingerprint density at radius 2 is 2.42 bits per heavy atom. The number of hydrogen-bond donors (Lipinski definition) is 2. The Kier molecular flexibility index (Phi) is 6.65. The molecule has 12 heavy (non-hydrogen) atoms. The van der Waals surface area contributed by atoms with Crippen LogP contribution in [0.4, 0.5) is 4.79 Å².